The van der Waals surface area contributed by atoms with Gasteiger partial charge in [-0.1, -0.05) is 25.0 Å². The van der Waals surface area contributed by atoms with Gasteiger partial charge in [0.2, 0.25) is 0 Å². The summed E-state index contributed by atoms with van der Waals surface area (Å²) in [5, 5.41) is 14.5. The Morgan fingerprint density at radius 1 is 1.40 bits per heavy atom. The molecule has 0 amide bonds. The van der Waals surface area contributed by atoms with Gasteiger partial charge in [-0.3, -0.25) is 0 Å². The minimum Gasteiger partial charge on any atom is -0.497 e. The zero-order valence-electron chi connectivity index (χ0n) is 12.3. The minimum atomic E-state index is -0.477. The largest absolute Gasteiger partial charge is 0.497 e. The second-order valence-electron chi connectivity index (χ2n) is 5.37. The maximum Gasteiger partial charge on any atom is 0.119 e. The number of rotatable bonds is 6. The summed E-state index contributed by atoms with van der Waals surface area (Å²) in [6.07, 6.45) is 6.84. The molecule has 2 rings (SSSR count). The summed E-state index contributed by atoms with van der Waals surface area (Å²) < 4.78 is 5.20. The predicted molar refractivity (Wildman–Crippen MR) is 85.5 cm³/mol. The summed E-state index contributed by atoms with van der Waals surface area (Å²) in [4.78, 5) is 0. The lowest BCUT2D eigenvalue weighted by Gasteiger charge is -2.31. The second-order valence-corrected chi connectivity index (χ2v) is 6.44. The SMILES string of the molecule is COc1cccc(C(O)CNC2CCCCC2SC)c1. The number of thioether (sulfide) groups is 1. The summed E-state index contributed by atoms with van der Waals surface area (Å²) in [6.45, 7) is 0.606. The molecule has 0 saturated heterocycles. The fraction of sp³-hybridized carbons (Fsp3) is 0.625. The van der Waals surface area contributed by atoms with Crippen LogP contribution in [0.4, 0.5) is 0 Å². The number of benzene rings is 1. The van der Waals surface area contributed by atoms with Crippen LogP contribution in [0.25, 0.3) is 0 Å². The van der Waals surface area contributed by atoms with Crippen LogP contribution in [0, 0.1) is 0 Å². The fourth-order valence-electron chi connectivity index (χ4n) is 2.84. The van der Waals surface area contributed by atoms with Crippen LogP contribution in [0.3, 0.4) is 0 Å². The number of ether oxygens (including phenoxy) is 1. The van der Waals surface area contributed by atoms with Gasteiger partial charge in [0.15, 0.2) is 0 Å². The Hall–Kier alpha value is -0.710. The van der Waals surface area contributed by atoms with Crippen LogP contribution in [0.2, 0.25) is 0 Å². The van der Waals surface area contributed by atoms with Crippen LogP contribution >= 0.6 is 11.8 Å². The molecule has 1 aromatic rings. The van der Waals surface area contributed by atoms with Crippen molar-refractivity contribution in [1.82, 2.24) is 5.32 Å². The van der Waals surface area contributed by atoms with E-state index < -0.39 is 6.10 Å². The minimum absolute atomic E-state index is 0.477. The zero-order valence-corrected chi connectivity index (χ0v) is 13.2. The Balaban J connectivity index is 1.88. The van der Waals surface area contributed by atoms with Gasteiger partial charge in [-0.05, 0) is 36.8 Å². The van der Waals surface area contributed by atoms with Crippen molar-refractivity contribution < 1.29 is 9.84 Å². The average Bonchev–Trinajstić information content (AvgIpc) is 2.52. The zero-order chi connectivity index (χ0) is 14.4. The third-order valence-corrected chi connectivity index (χ3v) is 5.23. The molecular weight excluding hydrogens is 270 g/mol. The summed E-state index contributed by atoms with van der Waals surface area (Å²) in [6, 6.07) is 8.19. The molecule has 0 radical (unpaired) electrons. The summed E-state index contributed by atoms with van der Waals surface area (Å²) in [7, 11) is 1.65. The van der Waals surface area contributed by atoms with E-state index in [2.05, 4.69) is 11.6 Å². The maximum atomic E-state index is 10.3. The lowest BCUT2D eigenvalue weighted by atomic mass is 9.94. The number of hydrogen-bond donors (Lipinski definition) is 2. The van der Waals surface area contributed by atoms with Gasteiger partial charge in [0.1, 0.15) is 5.75 Å². The van der Waals surface area contributed by atoms with Crippen molar-refractivity contribution in [1.29, 1.82) is 0 Å². The van der Waals surface area contributed by atoms with Gasteiger partial charge in [-0.15, -0.1) is 0 Å². The normalized spacial score (nSPS) is 24.4. The Labute approximate surface area is 126 Å². The second kappa shape index (κ2) is 7.91. The van der Waals surface area contributed by atoms with E-state index in [0.29, 0.717) is 17.8 Å². The lowest BCUT2D eigenvalue weighted by Crippen LogP contribution is -2.42. The first-order chi connectivity index (χ1) is 9.74. The molecule has 0 bridgehead atoms. The monoisotopic (exact) mass is 295 g/mol. The molecule has 1 saturated carbocycles. The molecule has 1 fully saturated rings. The number of aliphatic hydroxyl groups excluding tert-OH is 1. The molecule has 20 heavy (non-hydrogen) atoms. The topological polar surface area (TPSA) is 41.5 Å². The summed E-state index contributed by atoms with van der Waals surface area (Å²) in [5.74, 6) is 0.793. The Bertz CT molecular complexity index is 413. The molecular formula is C16H25NO2S. The molecule has 1 aromatic carbocycles. The molecule has 3 unspecified atom stereocenters. The number of methoxy groups -OCH3 is 1. The van der Waals surface area contributed by atoms with Crippen LogP contribution in [0.15, 0.2) is 24.3 Å². The van der Waals surface area contributed by atoms with Gasteiger partial charge in [0.05, 0.1) is 13.2 Å². The van der Waals surface area contributed by atoms with E-state index in [0.717, 1.165) is 11.3 Å². The molecule has 1 aliphatic carbocycles. The van der Waals surface area contributed by atoms with Crippen molar-refractivity contribution in [2.24, 2.45) is 0 Å². The molecule has 0 aliphatic heterocycles. The van der Waals surface area contributed by atoms with E-state index in [4.69, 9.17) is 4.74 Å². The summed E-state index contributed by atoms with van der Waals surface area (Å²) in [5.41, 5.74) is 0.911. The first-order valence-electron chi connectivity index (χ1n) is 7.32. The molecule has 2 N–H and O–H groups in total. The average molecular weight is 295 g/mol. The van der Waals surface area contributed by atoms with Gasteiger partial charge in [-0.2, -0.15) is 11.8 Å². The molecule has 1 aliphatic rings. The first-order valence-corrected chi connectivity index (χ1v) is 8.61. The quantitative estimate of drug-likeness (QED) is 0.846. The molecule has 0 aromatic heterocycles. The Morgan fingerprint density at radius 2 is 2.20 bits per heavy atom. The first kappa shape index (κ1) is 15.7. The number of nitrogens with one attached hydrogen (secondary N) is 1. The van der Waals surface area contributed by atoms with Gasteiger partial charge < -0.3 is 15.2 Å². The standard InChI is InChI=1S/C16H25NO2S/c1-19-13-7-5-6-12(10-13)15(18)11-17-14-8-3-4-9-16(14)20-2/h5-7,10,14-18H,3-4,8-9,11H2,1-2H3. The van der Waals surface area contributed by atoms with Crippen molar-refractivity contribution in [3.8, 4) is 5.75 Å². The van der Waals surface area contributed by atoms with Gasteiger partial charge >= 0.3 is 0 Å². The van der Waals surface area contributed by atoms with Crippen LogP contribution in [-0.2, 0) is 0 Å². The van der Waals surface area contributed by atoms with Crippen molar-refractivity contribution in [3.63, 3.8) is 0 Å². The van der Waals surface area contributed by atoms with E-state index in [-0.39, 0.29) is 0 Å². The fourth-order valence-corrected chi connectivity index (χ4v) is 3.81. The molecule has 112 valence electrons. The molecule has 0 spiro atoms. The van der Waals surface area contributed by atoms with Gasteiger partial charge in [-0.25, -0.2) is 0 Å². The number of hydrogen-bond acceptors (Lipinski definition) is 4. The highest BCUT2D eigenvalue weighted by Crippen LogP contribution is 2.27. The van der Waals surface area contributed by atoms with Crippen molar-refractivity contribution >= 4 is 11.8 Å². The maximum absolute atomic E-state index is 10.3. The van der Waals surface area contributed by atoms with Crippen LogP contribution < -0.4 is 10.1 Å². The van der Waals surface area contributed by atoms with E-state index in [1.165, 1.54) is 25.7 Å². The van der Waals surface area contributed by atoms with Crippen molar-refractivity contribution in [2.45, 2.75) is 43.1 Å². The molecule has 4 heteroatoms. The molecule has 3 nitrogen and oxygen atoms in total. The summed E-state index contributed by atoms with van der Waals surface area (Å²) >= 11 is 1.94. The van der Waals surface area contributed by atoms with E-state index in [1.54, 1.807) is 7.11 Å². The number of aliphatic hydroxyl groups is 1. The Morgan fingerprint density at radius 3 is 2.95 bits per heavy atom. The molecule has 3 atom stereocenters. The van der Waals surface area contributed by atoms with Gasteiger partial charge in [0.25, 0.3) is 0 Å². The van der Waals surface area contributed by atoms with Gasteiger partial charge in [0, 0.05) is 17.8 Å². The predicted octanol–water partition coefficient (Wildman–Crippen LogP) is 2.99. The van der Waals surface area contributed by atoms with E-state index in [9.17, 15) is 5.11 Å². The van der Waals surface area contributed by atoms with Crippen LogP contribution in [0.5, 0.6) is 5.75 Å². The van der Waals surface area contributed by atoms with Crippen molar-refractivity contribution in [2.75, 3.05) is 19.9 Å². The van der Waals surface area contributed by atoms with E-state index in [1.807, 2.05) is 36.0 Å². The highest BCUT2D eigenvalue weighted by atomic mass is 32.2. The van der Waals surface area contributed by atoms with Crippen molar-refractivity contribution in [3.05, 3.63) is 29.8 Å². The van der Waals surface area contributed by atoms with Crippen LogP contribution in [0.1, 0.15) is 37.4 Å². The Kier molecular flexibility index (Phi) is 6.20. The van der Waals surface area contributed by atoms with Crippen LogP contribution in [-0.4, -0.2) is 36.3 Å². The smallest absolute Gasteiger partial charge is 0.119 e. The third kappa shape index (κ3) is 4.14. The van der Waals surface area contributed by atoms with E-state index >= 15 is 0 Å². The highest BCUT2D eigenvalue weighted by Gasteiger charge is 2.24. The highest BCUT2D eigenvalue weighted by molar-refractivity contribution is 7.99. The third-order valence-electron chi connectivity index (χ3n) is 4.06. The lowest BCUT2D eigenvalue weighted by molar-refractivity contribution is 0.166. The molecule has 0 heterocycles.